The Bertz CT molecular complexity index is 161. The van der Waals surface area contributed by atoms with Crippen LogP contribution in [-0.4, -0.2) is 40.9 Å². The second-order valence-electron chi connectivity index (χ2n) is 2.44. The Morgan fingerprint density at radius 2 is 2.10 bits per heavy atom. The predicted molar refractivity (Wildman–Crippen MR) is 34.4 cm³/mol. The third-order valence-electron chi connectivity index (χ3n) is 1.32. The summed E-state index contributed by atoms with van der Waals surface area (Å²) < 4.78 is 14.6. The highest BCUT2D eigenvalue weighted by Gasteiger charge is 2.30. The molecule has 2 N–H and O–H groups in total. The van der Waals surface area contributed by atoms with Gasteiger partial charge in [0, 0.05) is 13.1 Å². The summed E-state index contributed by atoms with van der Waals surface area (Å²) in [6, 6.07) is 0. The lowest BCUT2D eigenvalue weighted by Crippen LogP contribution is -2.49. The topological polar surface area (TPSA) is 70.0 Å². The van der Waals surface area contributed by atoms with Crippen LogP contribution in [0.5, 0.6) is 0 Å². The average molecular weight is 167 g/mol. The summed E-state index contributed by atoms with van der Waals surface area (Å²) in [6.45, 7) is 1.20. The molecule has 0 unspecified atom stereocenters. The van der Waals surface area contributed by atoms with Crippen LogP contribution in [0.3, 0.4) is 0 Å². The molecular formula is C4H10NO4P. The van der Waals surface area contributed by atoms with E-state index in [-0.39, 0.29) is 6.10 Å². The molecule has 1 heterocycles. The highest BCUT2D eigenvalue weighted by Crippen LogP contribution is 2.39. The molecule has 1 rings (SSSR count). The maximum Gasteiger partial charge on any atom is 0.469 e. The Kier molecular flexibility index (Phi) is 2.12. The summed E-state index contributed by atoms with van der Waals surface area (Å²) >= 11 is 0. The summed E-state index contributed by atoms with van der Waals surface area (Å²) in [5.74, 6) is 0. The van der Waals surface area contributed by atoms with E-state index < -0.39 is 7.82 Å². The molecule has 6 heteroatoms. The van der Waals surface area contributed by atoms with Crippen LogP contribution >= 0.6 is 7.82 Å². The number of hydrogen-bond acceptors (Lipinski definition) is 3. The third kappa shape index (κ3) is 2.36. The predicted octanol–water partition coefficient (Wildman–Crippen LogP) is -0.590. The molecule has 1 aliphatic heterocycles. The number of likely N-dealkylation sites (N-methyl/N-ethyl adjacent to an activating group) is 1. The zero-order valence-electron chi connectivity index (χ0n) is 5.60. The first kappa shape index (κ1) is 8.17. The van der Waals surface area contributed by atoms with Crippen molar-refractivity contribution < 1.29 is 18.9 Å². The quantitative estimate of drug-likeness (QED) is 0.538. The van der Waals surface area contributed by atoms with Crippen molar-refractivity contribution >= 4 is 7.82 Å². The molecule has 0 aromatic carbocycles. The van der Waals surface area contributed by atoms with Gasteiger partial charge in [0.05, 0.1) is 6.10 Å². The molecule has 0 spiro atoms. The number of phosphoric acid groups is 1. The van der Waals surface area contributed by atoms with Crippen molar-refractivity contribution in [2.45, 2.75) is 6.10 Å². The van der Waals surface area contributed by atoms with Crippen molar-refractivity contribution in [3.8, 4) is 0 Å². The minimum Gasteiger partial charge on any atom is -0.303 e. The minimum atomic E-state index is -4.24. The molecule has 0 bridgehead atoms. The van der Waals surface area contributed by atoms with Gasteiger partial charge in [-0.1, -0.05) is 0 Å². The van der Waals surface area contributed by atoms with Gasteiger partial charge in [-0.05, 0) is 7.05 Å². The van der Waals surface area contributed by atoms with Crippen molar-refractivity contribution in [3.63, 3.8) is 0 Å². The van der Waals surface area contributed by atoms with E-state index in [4.69, 9.17) is 9.79 Å². The zero-order valence-corrected chi connectivity index (χ0v) is 6.49. The molecule has 1 saturated heterocycles. The van der Waals surface area contributed by atoms with Gasteiger partial charge in [-0.2, -0.15) is 0 Å². The Morgan fingerprint density at radius 1 is 1.60 bits per heavy atom. The van der Waals surface area contributed by atoms with Gasteiger partial charge in [0.15, 0.2) is 0 Å². The van der Waals surface area contributed by atoms with E-state index in [1.165, 1.54) is 0 Å². The van der Waals surface area contributed by atoms with Gasteiger partial charge in [0.1, 0.15) is 0 Å². The van der Waals surface area contributed by atoms with Crippen LogP contribution in [-0.2, 0) is 9.09 Å². The van der Waals surface area contributed by atoms with E-state index in [2.05, 4.69) is 4.52 Å². The molecule has 0 aromatic rings. The van der Waals surface area contributed by atoms with E-state index in [0.717, 1.165) is 0 Å². The molecule has 5 nitrogen and oxygen atoms in total. The smallest absolute Gasteiger partial charge is 0.303 e. The van der Waals surface area contributed by atoms with Gasteiger partial charge in [-0.25, -0.2) is 4.57 Å². The number of nitrogens with zero attached hydrogens (tertiary/aromatic N) is 1. The van der Waals surface area contributed by atoms with Gasteiger partial charge in [0.2, 0.25) is 0 Å². The van der Waals surface area contributed by atoms with Gasteiger partial charge in [-0.3, -0.25) is 4.52 Å². The van der Waals surface area contributed by atoms with Crippen molar-refractivity contribution in [1.82, 2.24) is 4.90 Å². The molecule has 60 valence electrons. The summed E-state index contributed by atoms with van der Waals surface area (Å²) in [7, 11) is -2.38. The highest BCUT2D eigenvalue weighted by atomic mass is 31.2. The summed E-state index contributed by atoms with van der Waals surface area (Å²) in [6.07, 6.45) is -0.286. The highest BCUT2D eigenvalue weighted by molar-refractivity contribution is 7.46. The van der Waals surface area contributed by atoms with Crippen molar-refractivity contribution in [3.05, 3.63) is 0 Å². The van der Waals surface area contributed by atoms with E-state index in [9.17, 15) is 4.57 Å². The largest absolute Gasteiger partial charge is 0.469 e. The van der Waals surface area contributed by atoms with Crippen LogP contribution in [0, 0.1) is 0 Å². The first-order valence-electron chi connectivity index (χ1n) is 2.90. The first-order chi connectivity index (χ1) is 4.47. The van der Waals surface area contributed by atoms with Crippen molar-refractivity contribution in [1.29, 1.82) is 0 Å². The SMILES string of the molecule is CN1CC(OP(=O)(O)O)C1. The standard InChI is InChI=1S/C4H10NO4P/c1-5-2-4(3-5)9-10(6,7)8/h4H,2-3H2,1H3,(H2,6,7,8). The number of phosphoric ester groups is 1. The summed E-state index contributed by atoms with van der Waals surface area (Å²) in [5.41, 5.74) is 0. The van der Waals surface area contributed by atoms with E-state index >= 15 is 0 Å². The molecule has 0 amide bonds. The fraction of sp³-hybridized carbons (Fsp3) is 1.00. The number of hydrogen-bond donors (Lipinski definition) is 2. The van der Waals surface area contributed by atoms with Crippen molar-refractivity contribution in [2.24, 2.45) is 0 Å². The normalized spacial score (nSPS) is 22.7. The maximum atomic E-state index is 10.2. The Morgan fingerprint density at radius 3 is 2.40 bits per heavy atom. The number of rotatable bonds is 2. The Labute approximate surface area is 58.8 Å². The second kappa shape index (κ2) is 2.60. The molecule has 0 aromatic heterocycles. The minimum absolute atomic E-state index is 0.286. The average Bonchev–Trinajstić information content (AvgIpc) is 1.57. The summed E-state index contributed by atoms with van der Waals surface area (Å²) in [4.78, 5) is 18.5. The lowest BCUT2D eigenvalue weighted by Gasteiger charge is -2.35. The first-order valence-corrected chi connectivity index (χ1v) is 4.43. The van der Waals surface area contributed by atoms with E-state index in [1.807, 2.05) is 11.9 Å². The number of likely N-dealkylation sites (tertiary alicyclic amines) is 1. The lowest BCUT2D eigenvalue weighted by atomic mass is 10.2. The Balaban J connectivity index is 2.23. The maximum absolute atomic E-state index is 10.2. The fourth-order valence-electron chi connectivity index (χ4n) is 0.903. The van der Waals surface area contributed by atoms with Crippen LogP contribution in [0.25, 0.3) is 0 Å². The molecule has 10 heavy (non-hydrogen) atoms. The molecule has 0 aliphatic carbocycles. The molecule has 0 atom stereocenters. The third-order valence-corrected chi connectivity index (χ3v) is 1.89. The van der Waals surface area contributed by atoms with Gasteiger partial charge >= 0.3 is 7.82 Å². The Hall–Kier alpha value is 0.0700. The fourth-order valence-corrected chi connectivity index (χ4v) is 1.42. The van der Waals surface area contributed by atoms with Crippen LogP contribution in [0.2, 0.25) is 0 Å². The molecule has 0 saturated carbocycles. The zero-order chi connectivity index (χ0) is 7.78. The van der Waals surface area contributed by atoms with Gasteiger partial charge in [-0.15, -0.1) is 0 Å². The van der Waals surface area contributed by atoms with Crippen LogP contribution in [0.4, 0.5) is 0 Å². The van der Waals surface area contributed by atoms with Crippen LogP contribution < -0.4 is 0 Å². The van der Waals surface area contributed by atoms with Gasteiger partial charge in [0.25, 0.3) is 0 Å². The molecular weight excluding hydrogens is 157 g/mol. The van der Waals surface area contributed by atoms with E-state index in [1.54, 1.807) is 0 Å². The van der Waals surface area contributed by atoms with Gasteiger partial charge < -0.3 is 14.7 Å². The molecule has 0 radical (unpaired) electrons. The summed E-state index contributed by atoms with van der Waals surface area (Å²) in [5, 5.41) is 0. The monoisotopic (exact) mass is 167 g/mol. The molecule has 1 fully saturated rings. The van der Waals surface area contributed by atoms with Crippen molar-refractivity contribution in [2.75, 3.05) is 20.1 Å². The van der Waals surface area contributed by atoms with Crippen LogP contribution in [0.1, 0.15) is 0 Å². The van der Waals surface area contributed by atoms with E-state index in [0.29, 0.717) is 13.1 Å². The molecule has 1 aliphatic rings. The lowest BCUT2D eigenvalue weighted by molar-refractivity contribution is 0.0169. The second-order valence-corrected chi connectivity index (χ2v) is 3.63. The van der Waals surface area contributed by atoms with Crippen LogP contribution in [0.15, 0.2) is 0 Å².